The van der Waals surface area contributed by atoms with Crippen LogP contribution < -0.4 is 16.4 Å². The van der Waals surface area contributed by atoms with Gasteiger partial charge in [-0.25, -0.2) is 4.79 Å². The van der Waals surface area contributed by atoms with Crippen LogP contribution in [0.5, 0.6) is 0 Å². The molecule has 4 aromatic rings. The first-order valence-electron chi connectivity index (χ1n) is 14.7. The number of thiol groups is 1. The van der Waals surface area contributed by atoms with E-state index in [4.69, 9.17) is 5.73 Å². The summed E-state index contributed by atoms with van der Waals surface area (Å²) >= 11 is 5.92. The second kappa shape index (κ2) is 15.3. The third kappa shape index (κ3) is 8.57. The highest BCUT2D eigenvalue weighted by Gasteiger charge is 2.39. The van der Waals surface area contributed by atoms with Gasteiger partial charge in [0, 0.05) is 16.9 Å². The Kier molecular flexibility index (Phi) is 11.5. The van der Waals surface area contributed by atoms with Crippen molar-refractivity contribution in [3.05, 3.63) is 144 Å². The molecule has 0 aliphatic rings. The number of carboxylic acids is 1. The highest BCUT2D eigenvalue weighted by atomic mass is 32.2. The van der Waals surface area contributed by atoms with E-state index in [1.54, 1.807) is 25.6 Å². The fraction of sp³-hybridized carbons (Fsp3) is 0.250. The largest absolute Gasteiger partial charge is 0.480 e. The molecule has 0 spiro atoms. The molecule has 7 nitrogen and oxygen atoms in total. The van der Waals surface area contributed by atoms with E-state index < -0.39 is 45.4 Å². The van der Waals surface area contributed by atoms with Crippen molar-refractivity contribution in [1.82, 2.24) is 10.6 Å². The summed E-state index contributed by atoms with van der Waals surface area (Å²) in [4.78, 5) is 39.0. The van der Waals surface area contributed by atoms with Crippen molar-refractivity contribution in [2.75, 3.05) is 5.75 Å². The third-order valence-corrected chi connectivity index (χ3v) is 9.44. The summed E-state index contributed by atoms with van der Waals surface area (Å²) in [7, 11) is 0. The third-order valence-electron chi connectivity index (χ3n) is 7.51. The minimum atomic E-state index is -1.28. The Hall–Kier alpha value is -4.05. The van der Waals surface area contributed by atoms with Gasteiger partial charge in [-0.15, -0.1) is 11.8 Å². The van der Waals surface area contributed by atoms with Crippen LogP contribution in [0, 0.1) is 0 Å². The first-order valence-corrected chi connectivity index (χ1v) is 16.1. The molecular formula is C36H39N3O4S2. The van der Waals surface area contributed by atoms with Gasteiger partial charge in [-0.05, 0) is 36.1 Å². The van der Waals surface area contributed by atoms with Crippen LogP contribution in [0.15, 0.2) is 121 Å². The topological polar surface area (TPSA) is 122 Å². The molecule has 234 valence electrons. The number of carbonyl (C=O) groups excluding carboxylic acids is 2. The smallest absolute Gasteiger partial charge is 0.327 e. The molecule has 45 heavy (non-hydrogen) atoms. The normalized spacial score (nSPS) is 13.7. The van der Waals surface area contributed by atoms with Crippen LogP contribution in [0.25, 0.3) is 0 Å². The fourth-order valence-electron chi connectivity index (χ4n) is 5.18. The lowest BCUT2D eigenvalue weighted by atomic mass is 9.84. The number of carbonyl (C=O) groups is 3. The van der Waals surface area contributed by atoms with Gasteiger partial charge in [0.05, 0.1) is 10.8 Å². The number of nitrogens with two attached hydrogens (primary N) is 1. The van der Waals surface area contributed by atoms with Crippen molar-refractivity contribution in [2.24, 2.45) is 5.73 Å². The van der Waals surface area contributed by atoms with Crippen LogP contribution in [0.1, 0.15) is 36.1 Å². The first kappa shape index (κ1) is 33.8. The molecule has 4 rings (SSSR count). The Morgan fingerprint density at radius 3 is 1.56 bits per heavy atom. The number of nitrogens with one attached hydrogen (secondary N) is 2. The van der Waals surface area contributed by atoms with Crippen LogP contribution in [-0.4, -0.2) is 51.5 Å². The predicted octanol–water partition coefficient (Wildman–Crippen LogP) is 5.04. The quantitative estimate of drug-likeness (QED) is 0.0972. The maximum atomic E-state index is 13.6. The number of hydrogen-bond donors (Lipinski definition) is 5. The van der Waals surface area contributed by atoms with E-state index >= 15 is 0 Å². The van der Waals surface area contributed by atoms with Crippen molar-refractivity contribution in [3.8, 4) is 0 Å². The molecule has 0 bridgehead atoms. The zero-order chi connectivity index (χ0) is 32.5. The first-order chi connectivity index (χ1) is 21.5. The molecule has 2 amide bonds. The Morgan fingerprint density at radius 1 is 0.733 bits per heavy atom. The molecule has 0 aliphatic heterocycles. The molecule has 0 radical (unpaired) electrons. The van der Waals surface area contributed by atoms with Gasteiger partial charge in [0.1, 0.15) is 12.1 Å². The standard InChI is InChI=1S/C36H39N3O4S2/c1-35(2,44)31(34(42)43)39-33(41)30(23-25-15-7-3-8-16-25)38-32(40)29(37)24-45-36(26-17-9-4-10-18-26,27-19-11-5-12-20-27)28-21-13-6-14-22-28/h3-22,29-31,44H,23-24,37H2,1-2H3,(H,38,40)(H,39,41)(H,42,43)/t29-,30+,31-/m0/s1. The summed E-state index contributed by atoms with van der Waals surface area (Å²) in [5.74, 6) is -2.14. The number of thioether (sulfide) groups is 1. The molecule has 9 heteroatoms. The summed E-state index contributed by atoms with van der Waals surface area (Å²) in [6.07, 6.45) is 0.152. The number of rotatable bonds is 14. The van der Waals surface area contributed by atoms with Crippen LogP contribution >= 0.6 is 24.4 Å². The average molecular weight is 642 g/mol. The number of benzene rings is 4. The van der Waals surface area contributed by atoms with E-state index in [9.17, 15) is 19.5 Å². The Bertz CT molecular complexity index is 1450. The van der Waals surface area contributed by atoms with Gasteiger partial charge in [0.2, 0.25) is 11.8 Å². The van der Waals surface area contributed by atoms with Crippen molar-refractivity contribution in [1.29, 1.82) is 0 Å². The highest BCUT2D eigenvalue weighted by Crippen LogP contribution is 2.48. The van der Waals surface area contributed by atoms with Gasteiger partial charge in [0.15, 0.2) is 0 Å². The Morgan fingerprint density at radius 2 is 1.16 bits per heavy atom. The molecule has 4 aromatic carbocycles. The van der Waals surface area contributed by atoms with Crippen molar-refractivity contribution in [3.63, 3.8) is 0 Å². The van der Waals surface area contributed by atoms with E-state index in [2.05, 4.69) is 59.7 Å². The number of aliphatic carboxylic acids is 1. The van der Waals surface area contributed by atoms with Gasteiger partial charge >= 0.3 is 5.97 Å². The van der Waals surface area contributed by atoms with E-state index in [1.165, 1.54) is 0 Å². The molecule has 0 saturated heterocycles. The van der Waals surface area contributed by atoms with Crippen LogP contribution in [0.4, 0.5) is 0 Å². The van der Waals surface area contributed by atoms with Gasteiger partial charge in [-0.1, -0.05) is 121 Å². The maximum Gasteiger partial charge on any atom is 0.327 e. The molecular weight excluding hydrogens is 603 g/mol. The van der Waals surface area contributed by atoms with E-state index in [-0.39, 0.29) is 12.2 Å². The molecule has 0 saturated carbocycles. The lowest BCUT2D eigenvalue weighted by molar-refractivity contribution is -0.143. The monoisotopic (exact) mass is 641 g/mol. The summed E-state index contributed by atoms with van der Waals surface area (Å²) in [6.45, 7) is 3.21. The number of carboxylic acid groups (broad SMARTS) is 1. The van der Waals surface area contributed by atoms with Crippen molar-refractivity contribution in [2.45, 2.75) is 47.9 Å². The SMILES string of the molecule is CC(C)(S)[C@@H](NC(=O)[C@@H](Cc1ccccc1)NC(=O)[C@@H](N)CSC(c1ccccc1)(c1ccccc1)c1ccccc1)C(=O)O. The minimum Gasteiger partial charge on any atom is -0.480 e. The Labute approximate surface area is 274 Å². The Balaban J connectivity index is 1.61. The molecule has 0 heterocycles. The summed E-state index contributed by atoms with van der Waals surface area (Å²) in [5, 5.41) is 15.1. The molecule has 0 aromatic heterocycles. The molecule has 0 fully saturated rings. The minimum absolute atomic E-state index is 0.152. The molecule has 3 atom stereocenters. The average Bonchev–Trinajstić information content (AvgIpc) is 3.04. The second-order valence-electron chi connectivity index (χ2n) is 11.4. The highest BCUT2D eigenvalue weighted by molar-refractivity contribution is 8.00. The lowest BCUT2D eigenvalue weighted by Gasteiger charge is -2.36. The number of hydrogen-bond acceptors (Lipinski definition) is 6. The predicted molar refractivity (Wildman–Crippen MR) is 184 cm³/mol. The van der Waals surface area contributed by atoms with Crippen LogP contribution in [0.3, 0.4) is 0 Å². The van der Waals surface area contributed by atoms with Crippen molar-refractivity contribution < 1.29 is 19.5 Å². The lowest BCUT2D eigenvalue weighted by Crippen LogP contribution is -2.59. The summed E-state index contributed by atoms with van der Waals surface area (Å²) < 4.78 is -1.72. The second-order valence-corrected chi connectivity index (χ2v) is 13.8. The van der Waals surface area contributed by atoms with Gasteiger partial charge in [-0.3, -0.25) is 9.59 Å². The summed E-state index contributed by atoms with van der Waals surface area (Å²) in [5.41, 5.74) is 10.5. The van der Waals surface area contributed by atoms with Gasteiger partial charge < -0.3 is 21.5 Å². The fourth-order valence-corrected chi connectivity index (χ4v) is 6.84. The van der Waals surface area contributed by atoms with Gasteiger partial charge in [-0.2, -0.15) is 12.6 Å². The number of amides is 2. The van der Waals surface area contributed by atoms with E-state index in [0.717, 1.165) is 22.3 Å². The van der Waals surface area contributed by atoms with Gasteiger partial charge in [0.25, 0.3) is 0 Å². The van der Waals surface area contributed by atoms with E-state index in [1.807, 2.05) is 84.9 Å². The summed E-state index contributed by atoms with van der Waals surface area (Å²) in [6, 6.07) is 36.2. The van der Waals surface area contributed by atoms with E-state index in [0.29, 0.717) is 0 Å². The zero-order valence-electron chi connectivity index (χ0n) is 25.3. The van der Waals surface area contributed by atoms with Crippen molar-refractivity contribution >= 4 is 42.2 Å². The van der Waals surface area contributed by atoms with Crippen LogP contribution in [0.2, 0.25) is 0 Å². The molecule has 5 N–H and O–H groups in total. The molecule has 0 aliphatic carbocycles. The molecule has 0 unspecified atom stereocenters. The maximum absolute atomic E-state index is 13.6. The zero-order valence-corrected chi connectivity index (χ0v) is 27.0. The van der Waals surface area contributed by atoms with Crippen LogP contribution in [-0.2, 0) is 25.6 Å².